The molecule has 0 bridgehead atoms. The minimum Gasteiger partial charge on any atom is -0.379 e. The third-order valence-electron chi connectivity index (χ3n) is 4.83. The van der Waals surface area contributed by atoms with Gasteiger partial charge in [0.05, 0.1) is 24.8 Å². The van der Waals surface area contributed by atoms with Crippen LogP contribution in [-0.2, 0) is 17.5 Å². The number of amides is 2. The van der Waals surface area contributed by atoms with E-state index < -0.39 is 17.8 Å². The number of morpholine rings is 1. The number of urea groups is 1. The zero-order chi connectivity index (χ0) is 20.7. The molecule has 8 heteroatoms. The Morgan fingerprint density at radius 2 is 1.76 bits per heavy atom. The number of rotatable bonds is 6. The number of ether oxygens (including phenoxy) is 1. The smallest absolute Gasteiger partial charge is 0.379 e. The van der Waals surface area contributed by atoms with Crippen molar-refractivity contribution < 1.29 is 22.7 Å². The molecule has 2 N–H and O–H groups in total. The van der Waals surface area contributed by atoms with Gasteiger partial charge in [0.2, 0.25) is 0 Å². The number of hydrogen-bond acceptors (Lipinski definition) is 3. The van der Waals surface area contributed by atoms with E-state index in [0.29, 0.717) is 25.3 Å². The van der Waals surface area contributed by atoms with Crippen LogP contribution in [0.3, 0.4) is 0 Å². The molecule has 156 valence electrons. The summed E-state index contributed by atoms with van der Waals surface area (Å²) < 4.78 is 43.8. The Labute approximate surface area is 167 Å². The predicted molar refractivity (Wildman–Crippen MR) is 103 cm³/mol. The molecule has 2 amide bonds. The van der Waals surface area contributed by atoms with Crippen molar-refractivity contribution in [1.82, 2.24) is 15.5 Å². The minimum atomic E-state index is -4.40. The fourth-order valence-corrected chi connectivity index (χ4v) is 3.31. The van der Waals surface area contributed by atoms with Crippen molar-refractivity contribution in [2.24, 2.45) is 0 Å². The summed E-state index contributed by atoms with van der Waals surface area (Å²) in [5.41, 5.74) is 0.754. The van der Waals surface area contributed by atoms with Crippen LogP contribution in [0.25, 0.3) is 0 Å². The predicted octanol–water partition coefficient (Wildman–Crippen LogP) is 3.58. The second-order valence-electron chi connectivity index (χ2n) is 6.84. The summed E-state index contributed by atoms with van der Waals surface area (Å²) >= 11 is 0. The largest absolute Gasteiger partial charge is 0.416 e. The van der Waals surface area contributed by atoms with E-state index in [1.54, 1.807) is 6.07 Å². The van der Waals surface area contributed by atoms with Gasteiger partial charge in [-0.3, -0.25) is 4.90 Å². The summed E-state index contributed by atoms with van der Waals surface area (Å²) in [6.07, 6.45) is -4.40. The molecule has 0 spiro atoms. The Morgan fingerprint density at radius 1 is 1.03 bits per heavy atom. The molecule has 0 aliphatic carbocycles. The van der Waals surface area contributed by atoms with E-state index in [-0.39, 0.29) is 12.6 Å². The molecule has 3 rings (SSSR count). The number of halogens is 3. The van der Waals surface area contributed by atoms with Crippen molar-refractivity contribution in [3.63, 3.8) is 0 Å². The first-order valence-corrected chi connectivity index (χ1v) is 9.48. The fourth-order valence-electron chi connectivity index (χ4n) is 3.31. The van der Waals surface area contributed by atoms with Gasteiger partial charge in [-0.05, 0) is 23.3 Å². The molecule has 1 aliphatic rings. The van der Waals surface area contributed by atoms with Crippen LogP contribution in [0.4, 0.5) is 18.0 Å². The number of alkyl halides is 3. The van der Waals surface area contributed by atoms with Crippen LogP contribution in [0.5, 0.6) is 0 Å². The third kappa shape index (κ3) is 6.20. The zero-order valence-corrected chi connectivity index (χ0v) is 15.9. The molecule has 0 saturated carbocycles. The molecule has 0 radical (unpaired) electrons. The van der Waals surface area contributed by atoms with Gasteiger partial charge in [0.25, 0.3) is 0 Å². The van der Waals surface area contributed by atoms with Gasteiger partial charge in [-0.1, -0.05) is 42.5 Å². The molecule has 0 aromatic heterocycles. The highest BCUT2D eigenvalue weighted by Crippen LogP contribution is 2.29. The van der Waals surface area contributed by atoms with Gasteiger partial charge < -0.3 is 15.4 Å². The Bertz CT molecular complexity index is 793. The van der Waals surface area contributed by atoms with Crippen LogP contribution < -0.4 is 10.6 Å². The van der Waals surface area contributed by atoms with E-state index in [1.165, 1.54) is 6.07 Å². The van der Waals surface area contributed by atoms with Gasteiger partial charge >= 0.3 is 12.2 Å². The first-order chi connectivity index (χ1) is 13.9. The first kappa shape index (κ1) is 21.1. The van der Waals surface area contributed by atoms with Gasteiger partial charge in [-0.2, -0.15) is 13.2 Å². The van der Waals surface area contributed by atoms with Gasteiger partial charge in [0.15, 0.2) is 0 Å². The molecular formula is C21H24F3N3O2. The lowest BCUT2D eigenvalue weighted by Crippen LogP contribution is -2.45. The van der Waals surface area contributed by atoms with Crippen LogP contribution in [0.15, 0.2) is 54.6 Å². The first-order valence-electron chi connectivity index (χ1n) is 9.48. The number of nitrogens with zero attached hydrogens (tertiary/aromatic N) is 1. The Balaban J connectivity index is 1.56. The molecule has 1 fully saturated rings. The second-order valence-corrected chi connectivity index (χ2v) is 6.84. The molecule has 2 aromatic rings. The van der Waals surface area contributed by atoms with Crippen LogP contribution >= 0.6 is 0 Å². The van der Waals surface area contributed by atoms with Crippen molar-refractivity contribution in [2.45, 2.75) is 18.8 Å². The number of carbonyl (C=O) groups excluding carboxylic acids is 1. The summed E-state index contributed by atoms with van der Waals surface area (Å²) in [6, 6.07) is 14.4. The highest BCUT2D eigenvalue weighted by Gasteiger charge is 2.30. The van der Waals surface area contributed by atoms with Gasteiger partial charge in [0.1, 0.15) is 0 Å². The molecule has 1 heterocycles. The summed E-state index contributed by atoms with van der Waals surface area (Å²) in [4.78, 5) is 14.5. The summed E-state index contributed by atoms with van der Waals surface area (Å²) in [5, 5.41) is 5.47. The van der Waals surface area contributed by atoms with Crippen LogP contribution in [0, 0.1) is 0 Å². The lowest BCUT2D eigenvalue weighted by molar-refractivity contribution is -0.137. The SMILES string of the molecule is O=C(NCc1cccc(C(F)(F)F)c1)NC[C@@H](c1ccccc1)N1CCOCC1. The Kier molecular flexibility index (Phi) is 7.11. The normalized spacial score (nSPS) is 16.2. The molecule has 5 nitrogen and oxygen atoms in total. The zero-order valence-electron chi connectivity index (χ0n) is 15.9. The molecule has 2 aromatic carbocycles. The van der Waals surface area contributed by atoms with Gasteiger partial charge in [0, 0.05) is 26.2 Å². The second kappa shape index (κ2) is 9.76. The van der Waals surface area contributed by atoms with E-state index in [1.807, 2.05) is 30.3 Å². The van der Waals surface area contributed by atoms with Crippen molar-refractivity contribution in [3.8, 4) is 0 Å². The summed E-state index contributed by atoms with van der Waals surface area (Å²) in [5.74, 6) is 0. The van der Waals surface area contributed by atoms with Crippen LogP contribution in [0.1, 0.15) is 22.7 Å². The van der Waals surface area contributed by atoms with Crippen LogP contribution in [-0.4, -0.2) is 43.8 Å². The average molecular weight is 407 g/mol. The molecule has 1 aliphatic heterocycles. The van der Waals surface area contributed by atoms with Crippen molar-refractivity contribution in [2.75, 3.05) is 32.8 Å². The van der Waals surface area contributed by atoms with Crippen molar-refractivity contribution in [3.05, 3.63) is 71.3 Å². The van der Waals surface area contributed by atoms with E-state index in [0.717, 1.165) is 30.8 Å². The lowest BCUT2D eigenvalue weighted by Gasteiger charge is -2.34. The maximum Gasteiger partial charge on any atom is 0.416 e. The quantitative estimate of drug-likeness (QED) is 0.770. The maximum atomic E-state index is 12.8. The van der Waals surface area contributed by atoms with E-state index in [2.05, 4.69) is 15.5 Å². The van der Waals surface area contributed by atoms with Crippen LogP contribution in [0.2, 0.25) is 0 Å². The standard InChI is InChI=1S/C21H24F3N3O2/c22-21(23,24)18-8-4-5-16(13-18)14-25-20(28)26-15-19(17-6-2-1-3-7-17)27-9-11-29-12-10-27/h1-8,13,19H,9-12,14-15H2,(H2,25,26,28)/t19-/m0/s1. The van der Waals surface area contributed by atoms with E-state index >= 15 is 0 Å². The highest BCUT2D eigenvalue weighted by molar-refractivity contribution is 5.73. The molecular weight excluding hydrogens is 383 g/mol. The summed E-state index contributed by atoms with van der Waals surface area (Å²) in [7, 11) is 0. The van der Waals surface area contributed by atoms with E-state index in [4.69, 9.17) is 4.74 Å². The van der Waals surface area contributed by atoms with Crippen molar-refractivity contribution >= 4 is 6.03 Å². The average Bonchev–Trinajstić information content (AvgIpc) is 2.73. The van der Waals surface area contributed by atoms with Gasteiger partial charge in [-0.15, -0.1) is 0 Å². The topological polar surface area (TPSA) is 53.6 Å². The number of benzene rings is 2. The van der Waals surface area contributed by atoms with Crippen molar-refractivity contribution in [1.29, 1.82) is 0 Å². The minimum absolute atomic E-state index is 0.000549. The molecule has 1 saturated heterocycles. The number of nitrogens with one attached hydrogen (secondary N) is 2. The molecule has 29 heavy (non-hydrogen) atoms. The number of carbonyl (C=O) groups is 1. The Hall–Kier alpha value is -2.58. The highest BCUT2D eigenvalue weighted by atomic mass is 19.4. The van der Waals surface area contributed by atoms with Gasteiger partial charge in [-0.25, -0.2) is 4.79 Å². The molecule has 0 unspecified atom stereocenters. The molecule has 1 atom stereocenters. The monoisotopic (exact) mass is 407 g/mol. The fraction of sp³-hybridized carbons (Fsp3) is 0.381. The summed E-state index contributed by atoms with van der Waals surface area (Å²) in [6.45, 7) is 3.23. The maximum absolute atomic E-state index is 12.8. The Morgan fingerprint density at radius 3 is 2.45 bits per heavy atom. The number of hydrogen-bond donors (Lipinski definition) is 2. The van der Waals surface area contributed by atoms with E-state index in [9.17, 15) is 18.0 Å². The third-order valence-corrected chi connectivity index (χ3v) is 4.83. The lowest BCUT2D eigenvalue weighted by atomic mass is 10.0.